The van der Waals surface area contributed by atoms with E-state index in [4.69, 9.17) is 9.47 Å². The summed E-state index contributed by atoms with van der Waals surface area (Å²) in [6, 6.07) is 5.94. The molecule has 0 unspecified atom stereocenters. The molecule has 1 aliphatic rings. The van der Waals surface area contributed by atoms with Gasteiger partial charge in [-0.2, -0.15) is 0 Å². The number of anilines is 2. The van der Waals surface area contributed by atoms with Crippen LogP contribution in [0.1, 0.15) is 50.3 Å². The van der Waals surface area contributed by atoms with E-state index in [9.17, 15) is 4.79 Å². The number of aromatic nitrogens is 2. The molecule has 1 aromatic carbocycles. The van der Waals surface area contributed by atoms with E-state index in [1.165, 1.54) is 24.6 Å². The van der Waals surface area contributed by atoms with Crippen molar-refractivity contribution in [3.05, 3.63) is 29.5 Å². The molecule has 2 N–H and O–H groups in total. The lowest BCUT2D eigenvalue weighted by atomic mass is 10.2. The Balaban J connectivity index is 1.80. The van der Waals surface area contributed by atoms with Crippen LogP contribution in [-0.2, 0) is 11.3 Å². The predicted octanol–water partition coefficient (Wildman–Crippen LogP) is 4.80. The summed E-state index contributed by atoms with van der Waals surface area (Å²) < 4.78 is 11.7. The molecule has 8 heteroatoms. The maximum Gasteiger partial charge on any atom is 0.224 e. The van der Waals surface area contributed by atoms with Crippen molar-refractivity contribution in [1.82, 2.24) is 9.97 Å². The van der Waals surface area contributed by atoms with E-state index in [2.05, 4.69) is 20.6 Å². The smallest absolute Gasteiger partial charge is 0.224 e. The Morgan fingerprint density at radius 2 is 2.00 bits per heavy atom. The minimum Gasteiger partial charge on any atom is -0.493 e. The summed E-state index contributed by atoms with van der Waals surface area (Å²) in [6.07, 6.45) is 7.18. The number of nitrogens with one attached hydrogen (secondary N) is 2. The van der Waals surface area contributed by atoms with Crippen molar-refractivity contribution in [2.24, 2.45) is 0 Å². The molecule has 1 aliphatic carbocycles. The van der Waals surface area contributed by atoms with Crippen LogP contribution in [0, 0.1) is 6.92 Å². The zero-order chi connectivity index (χ0) is 21.5. The van der Waals surface area contributed by atoms with Gasteiger partial charge in [-0.15, -0.1) is 0 Å². The number of methoxy groups -OCH3 is 1. The number of hydrogen-bond acceptors (Lipinski definition) is 7. The molecule has 7 nitrogen and oxygen atoms in total. The van der Waals surface area contributed by atoms with Gasteiger partial charge in [0.1, 0.15) is 5.69 Å². The van der Waals surface area contributed by atoms with E-state index < -0.39 is 0 Å². The number of rotatable bonds is 9. The van der Waals surface area contributed by atoms with Crippen LogP contribution in [0.25, 0.3) is 0 Å². The summed E-state index contributed by atoms with van der Waals surface area (Å²) in [5.74, 6) is 2.05. The third-order valence-electron chi connectivity index (χ3n) is 5.12. The molecule has 0 radical (unpaired) electrons. The maximum atomic E-state index is 12.0. The van der Waals surface area contributed by atoms with Crippen molar-refractivity contribution in [3.8, 4) is 11.5 Å². The van der Waals surface area contributed by atoms with Gasteiger partial charge in [-0.1, -0.05) is 24.8 Å². The van der Waals surface area contributed by atoms with Gasteiger partial charge in [-0.05, 0) is 56.6 Å². The molecule has 30 heavy (non-hydrogen) atoms. The standard InChI is InChI=1S/C22H30N4O3S/c1-5-19(27)25-20-14(2)24-22(30-4)26-21(20)23-13-15-10-11-17(28-3)18(12-15)29-16-8-6-7-9-16/h10-12,16H,5-9,13H2,1-4H3,(H,25,27)(H,23,24,26). The Morgan fingerprint density at radius 3 is 2.67 bits per heavy atom. The fraction of sp³-hybridized carbons (Fsp3) is 0.500. The van der Waals surface area contributed by atoms with Crippen molar-refractivity contribution in [2.75, 3.05) is 24.0 Å². The zero-order valence-corrected chi connectivity index (χ0v) is 18.9. The van der Waals surface area contributed by atoms with Crippen LogP contribution >= 0.6 is 11.8 Å². The lowest BCUT2D eigenvalue weighted by Gasteiger charge is -2.18. The number of thioether (sulfide) groups is 1. The largest absolute Gasteiger partial charge is 0.493 e. The monoisotopic (exact) mass is 430 g/mol. The van der Waals surface area contributed by atoms with E-state index in [1.807, 2.05) is 38.3 Å². The second-order valence-corrected chi connectivity index (χ2v) is 8.06. The van der Waals surface area contributed by atoms with Gasteiger partial charge < -0.3 is 20.1 Å². The summed E-state index contributed by atoms with van der Waals surface area (Å²) in [6.45, 7) is 4.22. The van der Waals surface area contributed by atoms with Gasteiger partial charge in [0.2, 0.25) is 5.91 Å². The highest BCUT2D eigenvalue weighted by Gasteiger charge is 2.19. The first kappa shape index (κ1) is 22.2. The second kappa shape index (κ2) is 10.5. The Bertz CT molecular complexity index is 885. The fourth-order valence-electron chi connectivity index (χ4n) is 3.44. The number of aryl methyl sites for hydroxylation is 1. The van der Waals surface area contributed by atoms with Crippen molar-refractivity contribution in [1.29, 1.82) is 0 Å². The molecule has 1 heterocycles. The number of nitrogens with zero attached hydrogens (tertiary/aromatic N) is 2. The number of benzene rings is 1. The van der Waals surface area contributed by atoms with Crippen LogP contribution in [0.2, 0.25) is 0 Å². The van der Waals surface area contributed by atoms with Gasteiger partial charge >= 0.3 is 0 Å². The molecular formula is C22H30N4O3S. The molecule has 1 fully saturated rings. The van der Waals surface area contributed by atoms with Crippen LogP contribution in [0.3, 0.4) is 0 Å². The Morgan fingerprint density at radius 1 is 1.23 bits per heavy atom. The van der Waals surface area contributed by atoms with Crippen LogP contribution in [-0.4, -0.2) is 35.3 Å². The van der Waals surface area contributed by atoms with Crippen LogP contribution in [0.5, 0.6) is 11.5 Å². The highest BCUT2D eigenvalue weighted by molar-refractivity contribution is 7.98. The van der Waals surface area contributed by atoms with Crippen molar-refractivity contribution >= 4 is 29.2 Å². The average Bonchev–Trinajstić information content (AvgIpc) is 3.27. The fourth-order valence-corrected chi connectivity index (χ4v) is 3.85. The minimum atomic E-state index is -0.0710. The van der Waals surface area contributed by atoms with Gasteiger partial charge in [0, 0.05) is 13.0 Å². The molecule has 0 aliphatic heterocycles. The first-order valence-corrected chi connectivity index (χ1v) is 11.6. The van der Waals surface area contributed by atoms with E-state index in [0.717, 1.165) is 35.6 Å². The molecule has 1 amide bonds. The van der Waals surface area contributed by atoms with E-state index in [1.54, 1.807) is 7.11 Å². The molecule has 0 saturated heterocycles. The van der Waals surface area contributed by atoms with Gasteiger partial charge in [0.25, 0.3) is 0 Å². The summed E-state index contributed by atoms with van der Waals surface area (Å²) in [7, 11) is 1.66. The van der Waals surface area contributed by atoms with Gasteiger partial charge in [0.15, 0.2) is 22.5 Å². The average molecular weight is 431 g/mol. The van der Waals surface area contributed by atoms with Crippen LogP contribution in [0.15, 0.2) is 23.4 Å². The van der Waals surface area contributed by atoms with E-state index >= 15 is 0 Å². The molecule has 0 spiro atoms. The highest BCUT2D eigenvalue weighted by atomic mass is 32.2. The third kappa shape index (κ3) is 5.56. The molecule has 1 saturated carbocycles. The maximum absolute atomic E-state index is 12.0. The SMILES string of the molecule is CCC(=O)Nc1c(C)nc(SC)nc1NCc1ccc(OC)c(OC2CCCC2)c1. The Hall–Kier alpha value is -2.48. The highest BCUT2D eigenvalue weighted by Crippen LogP contribution is 2.33. The van der Waals surface area contributed by atoms with Crippen molar-refractivity contribution < 1.29 is 14.3 Å². The molecule has 1 aromatic heterocycles. The first-order valence-electron chi connectivity index (χ1n) is 10.3. The van der Waals surface area contributed by atoms with Gasteiger partial charge in [-0.25, -0.2) is 9.97 Å². The summed E-state index contributed by atoms with van der Waals surface area (Å²) in [5.41, 5.74) is 2.40. The third-order valence-corrected chi connectivity index (χ3v) is 5.67. The van der Waals surface area contributed by atoms with E-state index in [-0.39, 0.29) is 12.0 Å². The molecule has 3 rings (SSSR count). The normalized spacial score (nSPS) is 13.9. The molecular weight excluding hydrogens is 400 g/mol. The number of carbonyl (C=O) groups is 1. The van der Waals surface area contributed by atoms with Crippen LogP contribution < -0.4 is 20.1 Å². The molecule has 162 valence electrons. The zero-order valence-electron chi connectivity index (χ0n) is 18.1. The topological polar surface area (TPSA) is 85.4 Å². The van der Waals surface area contributed by atoms with Gasteiger partial charge in [-0.3, -0.25) is 4.79 Å². The summed E-state index contributed by atoms with van der Waals surface area (Å²) in [4.78, 5) is 21.0. The Kier molecular flexibility index (Phi) is 7.79. The lowest BCUT2D eigenvalue weighted by Crippen LogP contribution is -2.15. The predicted molar refractivity (Wildman–Crippen MR) is 121 cm³/mol. The van der Waals surface area contributed by atoms with Crippen molar-refractivity contribution in [3.63, 3.8) is 0 Å². The minimum absolute atomic E-state index is 0.0710. The number of ether oxygens (including phenoxy) is 2. The Labute approximate surface area is 182 Å². The summed E-state index contributed by atoms with van der Waals surface area (Å²) >= 11 is 1.47. The quantitative estimate of drug-likeness (QED) is 0.437. The van der Waals surface area contributed by atoms with E-state index in [0.29, 0.717) is 29.6 Å². The lowest BCUT2D eigenvalue weighted by molar-refractivity contribution is -0.115. The number of hydrogen-bond donors (Lipinski definition) is 2. The molecule has 0 bridgehead atoms. The second-order valence-electron chi connectivity index (χ2n) is 7.28. The first-order chi connectivity index (χ1) is 14.5. The molecule has 2 aromatic rings. The van der Waals surface area contributed by atoms with Gasteiger partial charge in [0.05, 0.1) is 18.9 Å². The number of carbonyl (C=O) groups excluding carboxylic acids is 1. The van der Waals surface area contributed by atoms with Crippen molar-refractivity contribution in [2.45, 2.75) is 63.8 Å². The van der Waals surface area contributed by atoms with Crippen LogP contribution in [0.4, 0.5) is 11.5 Å². The summed E-state index contributed by atoms with van der Waals surface area (Å²) in [5, 5.41) is 6.93. The number of amides is 1. The molecule has 0 atom stereocenters.